The number of H-pyrrole nitrogens is 1. The van der Waals surface area contributed by atoms with Gasteiger partial charge < -0.3 is 11.1 Å². The number of nitrogens with two attached hydrogens (primary N) is 1. The van der Waals surface area contributed by atoms with Crippen LogP contribution in [0.15, 0.2) is 42.5 Å². The number of halogens is 1. The van der Waals surface area contributed by atoms with Crippen LogP contribution in [0.5, 0.6) is 0 Å². The van der Waals surface area contributed by atoms with Gasteiger partial charge in [0, 0.05) is 5.02 Å². The van der Waals surface area contributed by atoms with Crippen LogP contribution < -0.4 is 11.1 Å². The second kappa shape index (κ2) is 5.82. The molecule has 0 atom stereocenters. The lowest BCUT2D eigenvalue weighted by atomic mass is 9.97. The molecule has 22 heavy (non-hydrogen) atoms. The van der Waals surface area contributed by atoms with Crippen molar-refractivity contribution in [1.82, 2.24) is 20.6 Å². The summed E-state index contributed by atoms with van der Waals surface area (Å²) in [4.78, 5) is 11.2. The molecule has 4 N–H and O–H groups in total. The van der Waals surface area contributed by atoms with E-state index in [1.54, 1.807) is 18.2 Å². The van der Waals surface area contributed by atoms with Crippen LogP contribution in [0.1, 0.15) is 0 Å². The topological polar surface area (TPSA) is 110 Å². The van der Waals surface area contributed by atoms with Crippen LogP contribution in [0.4, 0.5) is 10.5 Å². The van der Waals surface area contributed by atoms with Gasteiger partial charge >= 0.3 is 6.03 Å². The van der Waals surface area contributed by atoms with Gasteiger partial charge in [-0.05, 0) is 39.8 Å². The molecule has 2 amide bonds. The zero-order chi connectivity index (χ0) is 15.5. The summed E-state index contributed by atoms with van der Waals surface area (Å²) in [7, 11) is 0. The molecule has 0 bridgehead atoms. The van der Waals surface area contributed by atoms with E-state index in [1.807, 2.05) is 24.3 Å². The highest BCUT2D eigenvalue weighted by Crippen LogP contribution is 2.36. The molecule has 110 valence electrons. The Morgan fingerprint density at radius 3 is 2.73 bits per heavy atom. The number of carbonyl (C=O) groups excluding carboxylic acids is 1. The number of amides is 2. The van der Waals surface area contributed by atoms with E-state index in [1.165, 1.54) is 0 Å². The Labute approximate surface area is 130 Å². The van der Waals surface area contributed by atoms with Crippen LogP contribution in [-0.2, 0) is 0 Å². The van der Waals surface area contributed by atoms with Crippen molar-refractivity contribution in [2.75, 3.05) is 5.32 Å². The number of tetrazole rings is 1. The minimum absolute atomic E-state index is 0.416. The van der Waals surface area contributed by atoms with Crippen molar-refractivity contribution in [1.29, 1.82) is 0 Å². The zero-order valence-electron chi connectivity index (χ0n) is 11.2. The van der Waals surface area contributed by atoms with Gasteiger partial charge in [0.2, 0.25) is 0 Å². The monoisotopic (exact) mass is 314 g/mol. The molecule has 0 fully saturated rings. The summed E-state index contributed by atoms with van der Waals surface area (Å²) in [5.41, 5.74) is 8.04. The average Bonchev–Trinajstić information content (AvgIpc) is 3.00. The SMILES string of the molecule is NC(=O)Nc1cccc(-c2cccc(Cl)c2)c1-c1nnn[nH]1. The minimum atomic E-state index is -0.669. The summed E-state index contributed by atoms with van der Waals surface area (Å²) in [5.74, 6) is 0.416. The number of rotatable bonds is 3. The van der Waals surface area contributed by atoms with Crippen molar-refractivity contribution in [3.8, 4) is 22.5 Å². The molecule has 1 aromatic heterocycles. The minimum Gasteiger partial charge on any atom is -0.351 e. The number of nitrogens with one attached hydrogen (secondary N) is 2. The fourth-order valence-electron chi connectivity index (χ4n) is 2.21. The Hall–Kier alpha value is -2.93. The summed E-state index contributed by atoms with van der Waals surface area (Å²) in [6, 6.07) is 12.1. The first kappa shape index (κ1) is 14.0. The van der Waals surface area contributed by atoms with Crippen molar-refractivity contribution in [3.05, 3.63) is 47.5 Å². The molecule has 0 aliphatic heterocycles. The molecule has 2 aromatic carbocycles. The van der Waals surface area contributed by atoms with Gasteiger partial charge in [0.1, 0.15) is 0 Å². The third-order valence-electron chi connectivity index (χ3n) is 3.04. The van der Waals surface area contributed by atoms with Gasteiger partial charge in [0.05, 0.1) is 11.3 Å². The van der Waals surface area contributed by atoms with Crippen LogP contribution in [-0.4, -0.2) is 26.7 Å². The molecule has 0 aliphatic rings. The van der Waals surface area contributed by atoms with Gasteiger partial charge in [-0.3, -0.25) is 0 Å². The lowest BCUT2D eigenvalue weighted by molar-refractivity contribution is 0.259. The van der Waals surface area contributed by atoms with Crippen molar-refractivity contribution in [2.24, 2.45) is 5.73 Å². The fourth-order valence-corrected chi connectivity index (χ4v) is 2.40. The van der Waals surface area contributed by atoms with Crippen LogP contribution in [0.3, 0.4) is 0 Å². The maximum absolute atomic E-state index is 11.2. The van der Waals surface area contributed by atoms with E-state index < -0.39 is 6.03 Å². The molecular weight excluding hydrogens is 304 g/mol. The molecule has 1 heterocycles. The van der Waals surface area contributed by atoms with E-state index in [0.717, 1.165) is 11.1 Å². The largest absolute Gasteiger partial charge is 0.351 e. The van der Waals surface area contributed by atoms with E-state index in [4.69, 9.17) is 17.3 Å². The molecule has 0 saturated heterocycles. The number of carbonyl (C=O) groups is 1. The number of aromatic amines is 1. The molecule has 0 radical (unpaired) electrons. The number of urea groups is 1. The van der Waals surface area contributed by atoms with Gasteiger partial charge in [0.15, 0.2) is 5.82 Å². The molecule has 7 nitrogen and oxygen atoms in total. The molecule has 0 unspecified atom stereocenters. The molecule has 0 aliphatic carbocycles. The number of hydrogen-bond donors (Lipinski definition) is 3. The van der Waals surface area contributed by atoms with E-state index in [-0.39, 0.29) is 0 Å². The van der Waals surface area contributed by atoms with Crippen LogP contribution in [0.25, 0.3) is 22.5 Å². The Balaban J connectivity index is 2.24. The first-order valence-electron chi connectivity index (χ1n) is 6.34. The number of hydrogen-bond acceptors (Lipinski definition) is 4. The summed E-state index contributed by atoms with van der Waals surface area (Å²) in [5, 5.41) is 17.0. The number of anilines is 1. The highest BCUT2D eigenvalue weighted by Gasteiger charge is 2.16. The third-order valence-corrected chi connectivity index (χ3v) is 3.28. The first-order chi connectivity index (χ1) is 10.6. The van der Waals surface area contributed by atoms with Gasteiger partial charge in [-0.1, -0.05) is 35.9 Å². The lowest BCUT2D eigenvalue weighted by Crippen LogP contribution is -2.20. The standard InChI is InChI=1S/C14H11ClN6O/c15-9-4-1-3-8(7-9)10-5-2-6-11(17-14(16)22)12(10)13-18-20-21-19-13/h1-7H,(H3,16,17,22)(H,18,19,20,21). The normalized spacial score (nSPS) is 10.4. The zero-order valence-corrected chi connectivity index (χ0v) is 12.0. The third kappa shape index (κ3) is 2.75. The number of nitrogens with zero attached hydrogens (tertiary/aromatic N) is 3. The smallest absolute Gasteiger partial charge is 0.316 e. The van der Waals surface area contributed by atoms with Crippen LogP contribution in [0, 0.1) is 0 Å². The predicted molar refractivity (Wildman–Crippen MR) is 83.3 cm³/mol. The van der Waals surface area contributed by atoms with Gasteiger partial charge in [0.25, 0.3) is 0 Å². The summed E-state index contributed by atoms with van der Waals surface area (Å²) in [6.45, 7) is 0. The van der Waals surface area contributed by atoms with Crippen LogP contribution >= 0.6 is 11.6 Å². The summed E-state index contributed by atoms with van der Waals surface area (Å²) < 4.78 is 0. The first-order valence-corrected chi connectivity index (χ1v) is 6.72. The second-order valence-corrected chi connectivity index (χ2v) is 4.91. The van der Waals surface area contributed by atoms with Crippen molar-refractivity contribution in [3.63, 3.8) is 0 Å². The quantitative estimate of drug-likeness (QED) is 0.690. The van der Waals surface area contributed by atoms with Crippen molar-refractivity contribution >= 4 is 23.3 Å². The highest BCUT2D eigenvalue weighted by molar-refractivity contribution is 6.30. The number of primary amides is 1. The molecule has 3 aromatic rings. The Kier molecular flexibility index (Phi) is 3.71. The van der Waals surface area contributed by atoms with E-state index >= 15 is 0 Å². The molecule has 0 spiro atoms. The Morgan fingerprint density at radius 1 is 1.23 bits per heavy atom. The van der Waals surface area contributed by atoms with Crippen molar-refractivity contribution in [2.45, 2.75) is 0 Å². The average molecular weight is 315 g/mol. The van der Waals surface area contributed by atoms with Gasteiger partial charge in [-0.15, -0.1) is 5.10 Å². The number of aromatic nitrogens is 4. The highest BCUT2D eigenvalue weighted by atomic mass is 35.5. The Morgan fingerprint density at radius 2 is 2.05 bits per heavy atom. The van der Waals surface area contributed by atoms with Crippen molar-refractivity contribution < 1.29 is 4.79 Å². The van der Waals surface area contributed by atoms with Gasteiger partial charge in [-0.2, -0.15) is 0 Å². The van der Waals surface area contributed by atoms with E-state index in [0.29, 0.717) is 22.1 Å². The van der Waals surface area contributed by atoms with E-state index in [2.05, 4.69) is 25.9 Å². The molecule has 0 saturated carbocycles. The number of benzene rings is 2. The van der Waals surface area contributed by atoms with Crippen LogP contribution in [0.2, 0.25) is 5.02 Å². The Bertz CT molecular complexity index is 818. The predicted octanol–water partition coefficient (Wildman–Crippen LogP) is 2.68. The fraction of sp³-hybridized carbons (Fsp3) is 0. The molecular formula is C14H11ClN6O. The summed E-state index contributed by atoms with van der Waals surface area (Å²) in [6.07, 6.45) is 0. The summed E-state index contributed by atoms with van der Waals surface area (Å²) >= 11 is 6.06. The maximum atomic E-state index is 11.2. The molecule has 3 rings (SSSR count). The van der Waals surface area contributed by atoms with E-state index in [9.17, 15) is 4.79 Å². The lowest BCUT2D eigenvalue weighted by Gasteiger charge is -2.13. The molecule has 8 heteroatoms. The maximum Gasteiger partial charge on any atom is 0.316 e. The van der Waals surface area contributed by atoms with Gasteiger partial charge in [-0.25, -0.2) is 9.89 Å². The second-order valence-electron chi connectivity index (χ2n) is 4.48.